The van der Waals surface area contributed by atoms with Crippen molar-refractivity contribution >= 4 is 5.97 Å². The largest absolute Gasteiger partial charge is 0.494 e. The number of methoxy groups -OCH3 is 1. The molecule has 4 nitrogen and oxygen atoms in total. The molecule has 0 bridgehead atoms. The molecule has 0 heterocycles. The van der Waals surface area contributed by atoms with Gasteiger partial charge in [-0.2, -0.15) is 0 Å². The number of hydrogen-bond donors (Lipinski definition) is 1. The summed E-state index contributed by atoms with van der Waals surface area (Å²) in [5.41, 5.74) is 7.03. The van der Waals surface area contributed by atoms with Gasteiger partial charge in [-0.1, -0.05) is 19.1 Å². The predicted molar refractivity (Wildman–Crippen MR) is 70.4 cm³/mol. The van der Waals surface area contributed by atoms with E-state index in [0.717, 1.165) is 17.7 Å². The van der Waals surface area contributed by atoms with E-state index < -0.39 is 0 Å². The molecule has 0 unspecified atom stereocenters. The van der Waals surface area contributed by atoms with E-state index in [9.17, 15) is 4.79 Å². The van der Waals surface area contributed by atoms with Crippen molar-refractivity contribution in [2.75, 3.05) is 13.7 Å². The highest BCUT2D eigenvalue weighted by atomic mass is 16.5. The first-order chi connectivity index (χ1) is 8.67. The Hall–Kier alpha value is -1.55. The Labute approximate surface area is 108 Å². The van der Waals surface area contributed by atoms with Crippen LogP contribution in [0, 0.1) is 0 Å². The van der Waals surface area contributed by atoms with Crippen LogP contribution in [-0.2, 0) is 9.53 Å². The minimum atomic E-state index is -0.206. The predicted octanol–water partition coefficient (Wildman–Crippen LogP) is 2.43. The number of rotatable bonds is 7. The molecule has 1 aromatic rings. The Balaban J connectivity index is 2.33. The third-order valence-electron chi connectivity index (χ3n) is 2.77. The Kier molecular flexibility index (Phi) is 6.22. The number of benzene rings is 1. The number of esters is 1. The number of ether oxygens (including phenoxy) is 2. The van der Waals surface area contributed by atoms with Crippen LogP contribution in [-0.4, -0.2) is 19.7 Å². The highest BCUT2D eigenvalue weighted by molar-refractivity contribution is 5.69. The quantitative estimate of drug-likeness (QED) is 0.597. The standard InChI is InChI=1S/C14H21NO3/c1-3-13(15)11-6-8-12(9-7-11)18-10-4-5-14(16)17-2/h6-9,13H,3-5,10,15H2,1-2H3/t13-/m1/s1. The Morgan fingerprint density at radius 2 is 2.00 bits per heavy atom. The summed E-state index contributed by atoms with van der Waals surface area (Å²) in [6.07, 6.45) is 1.96. The van der Waals surface area contributed by atoms with Gasteiger partial charge in [0.15, 0.2) is 0 Å². The maximum Gasteiger partial charge on any atom is 0.305 e. The summed E-state index contributed by atoms with van der Waals surface area (Å²) < 4.78 is 10.1. The summed E-state index contributed by atoms with van der Waals surface area (Å²) in [6, 6.07) is 7.85. The van der Waals surface area contributed by atoms with Crippen molar-refractivity contribution < 1.29 is 14.3 Å². The van der Waals surface area contributed by atoms with Crippen LogP contribution in [0.3, 0.4) is 0 Å². The van der Waals surface area contributed by atoms with Crippen LogP contribution in [0.1, 0.15) is 37.8 Å². The van der Waals surface area contributed by atoms with Crippen LogP contribution in [0.25, 0.3) is 0 Å². The highest BCUT2D eigenvalue weighted by Gasteiger charge is 2.03. The first-order valence-corrected chi connectivity index (χ1v) is 6.22. The second kappa shape index (κ2) is 7.71. The number of hydrogen-bond acceptors (Lipinski definition) is 4. The molecule has 0 spiro atoms. The number of nitrogens with two attached hydrogens (primary N) is 1. The molecule has 1 atom stereocenters. The van der Waals surface area contributed by atoms with E-state index in [1.807, 2.05) is 24.3 Å². The molecule has 1 rings (SSSR count). The van der Waals surface area contributed by atoms with E-state index in [-0.39, 0.29) is 12.0 Å². The molecule has 0 aromatic heterocycles. The molecule has 0 saturated carbocycles. The molecule has 0 fully saturated rings. The van der Waals surface area contributed by atoms with Crippen LogP contribution < -0.4 is 10.5 Å². The Morgan fingerprint density at radius 3 is 2.56 bits per heavy atom. The fourth-order valence-electron chi connectivity index (χ4n) is 1.56. The third-order valence-corrected chi connectivity index (χ3v) is 2.77. The monoisotopic (exact) mass is 251 g/mol. The lowest BCUT2D eigenvalue weighted by molar-refractivity contribution is -0.140. The van der Waals surface area contributed by atoms with Crippen molar-refractivity contribution in [2.24, 2.45) is 5.73 Å². The second-order valence-corrected chi connectivity index (χ2v) is 4.11. The van der Waals surface area contributed by atoms with Gasteiger partial charge in [-0.15, -0.1) is 0 Å². The van der Waals surface area contributed by atoms with Gasteiger partial charge in [0.1, 0.15) is 5.75 Å². The number of carbonyl (C=O) groups is 1. The van der Waals surface area contributed by atoms with Crippen molar-refractivity contribution in [3.05, 3.63) is 29.8 Å². The average molecular weight is 251 g/mol. The molecule has 4 heteroatoms. The fourth-order valence-corrected chi connectivity index (χ4v) is 1.56. The van der Waals surface area contributed by atoms with Gasteiger partial charge >= 0.3 is 5.97 Å². The van der Waals surface area contributed by atoms with Crippen LogP contribution in [0.4, 0.5) is 0 Å². The smallest absolute Gasteiger partial charge is 0.305 e. The first-order valence-electron chi connectivity index (χ1n) is 6.22. The third kappa shape index (κ3) is 4.75. The van der Waals surface area contributed by atoms with E-state index in [1.54, 1.807) is 0 Å². The summed E-state index contributed by atoms with van der Waals surface area (Å²) in [7, 11) is 1.39. The van der Waals surface area contributed by atoms with Crippen LogP contribution in [0.2, 0.25) is 0 Å². The van der Waals surface area contributed by atoms with Crippen LogP contribution in [0.5, 0.6) is 5.75 Å². The zero-order valence-corrected chi connectivity index (χ0v) is 11.0. The van der Waals surface area contributed by atoms with Gasteiger partial charge in [0.2, 0.25) is 0 Å². The first kappa shape index (κ1) is 14.5. The lowest BCUT2D eigenvalue weighted by Crippen LogP contribution is -2.08. The van der Waals surface area contributed by atoms with Crippen molar-refractivity contribution in [1.29, 1.82) is 0 Å². The van der Waals surface area contributed by atoms with E-state index in [4.69, 9.17) is 10.5 Å². The molecule has 2 N–H and O–H groups in total. The molecular weight excluding hydrogens is 230 g/mol. The zero-order chi connectivity index (χ0) is 13.4. The van der Waals surface area contributed by atoms with Crippen molar-refractivity contribution in [3.63, 3.8) is 0 Å². The number of carbonyl (C=O) groups excluding carboxylic acids is 1. The molecule has 0 amide bonds. The summed E-state index contributed by atoms with van der Waals surface area (Å²) in [4.78, 5) is 10.9. The Morgan fingerprint density at radius 1 is 1.33 bits per heavy atom. The molecule has 0 saturated heterocycles. The fraction of sp³-hybridized carbons (Fsp3) is 0.500. The molecule has 0 aliphatic heterocycles. The normalized spacial score (nSPS) is 11.9. The maximum absolute atomic E-state index is 10.9. The van der Waals surface area contributed by atoms with Crippen molar-refractivity contribution in [1.82, 2.24) is 0 Å². The van der Waals surface area contributed by atoms with Crippen LogP contribution >= 0.6 is 0 Å². The van der Waals surface area contributed by atoms with Gasteiger partial charge in [-0.05, 0) is 30.5 Å². The van der Waals surface area contributed by atoms with Gasteiger partial charge in [-0.3, -0.25) is 4.79 Å². The average Bonchev–Trinajstić information content (AvgIpc) is 2.43. The topological polar surface area (TPSA) is 61.5 Å². The van der Waals surface area contributed by atoms with Gasteiger partial charge in [0.05, 0.1) is 13.7 Å². The highest BCUT2D eigenvalue weighted by Crippen LogP contribution is 2.18. The molecule has 0 radical (unpaired) electrons. The summed E-state index contributed by atoms with van der Waals surface area (Å²) >= 11 is 0. The van der Waals surface area contributed by atoms with Crippen molar-refractivity contribution in [2.45, 2.75) is 32.2 Å². The lowest BCUT2D eigenvalue weighted by Gasteiger charge is -2.10. The van der Waals surface area contributed by atoms with E-state index >= 15 is 0 Å². The molecule has 18 heavy (non-hydrogen) atoms. The second-order valence-electron chi connectivity index (χ2n) is 4.11. The van der Waals surface area contributed by atoms with Gasteiger partial charge in [0.25, 0.3) is 0 Å². The molecule has 0 aliphatic carbocycles. The van der Waals surface area contributed by atoms with E-state index in [2.05, 4.69) is 11.7 Å². The molecular formula is C14H21NO3. The minimum Gasteiger partial charge on any atom is -0.494 e. The SMILES string of the molecule is CC[C@@H](N)c1ccc(OCCCC(=O)OC)cc1. The summed E-state index contributed by atoms with van der Waals surface area (Å²) in [5.74, 6) is 0.592. The van der Waals surface area contributed by atoms with E-state index in [1.165, 1.54) is 7.11 Å². The Bertz CT molecular complexity index is 362. The summed E-state index contributed by atoms with van der Waals surface area (Å²) in [5, 5.41) is 0. The van der Waals surface area contributed by atoms with Crippen LogP contribution in [0.15, 0.2) is 24.3 Å². The molecule has 1 aromatic carbocycles. The van der Waals surface area contributed by atoms with Gasteiger partial charge in [-0.25, -0.2) is 0 Å². The maximum atomic E-state index is 10.9. The lowest BCUT2D eigenvalue weighted by atomic mass is 10.1. The van der Waals surface area contributed by atoms with Crippen molar-refractivity contribution in [3.8, 4) is 5.75 Å². The van der Waals surface area contributed by atoms with Gasteiger partial charge in [0, 0.05) is 12.5 Å². The zero-order valence-electron chi connectivity index (χ0n) is 11.0. The molecule has 0 aliphatic rings. The minimum absolute atomic E-state index is 0.0818. The summed E-state index contributed by atoms with van der Waals surface area (Å²) in [6.45, 7) is 2.57. The van der Waals surface area contributed by atoms with E-state index in [0.29, 0.717) is 19.4 Å². The molecule has 100 valence electrons. The van der Waals surface area contributed by atoms with Gasteiger partial charge < -0.3 is 15.2 Å².